The second-order valence-corrected chi connectivity index (χ2v) is 6.90. The summed E-state index contributed by atoms with van der Waals surface area (Å²) in [6.45, 7) is 2.06. The van der Waals surface area contributed by atoms with Gasteiger partial charge in [-0.2, -0.15) is 0 Å². The molecule has 1 N–H and O–H groups in total. The number of hydrogen-bond acceptors (Lipinski definition) is 5. The highest BCUT2D eigenvalue weighted by molar-refractivity contribution is 7.91. The van der Waals surface area contributed by atoms with Gasteiger partial charge in [0.15, 0.2) is 15.7 Å². The predicted molar refractivity (Wildman–Crippen MR) is 64.7 cm³/mol. The van der Waals surface area contributed by atoms with Crippen molar-refractivity contribution >= 4 is 9.84 Å². The second kappa shape index (κ2) is 4.78. The van der Waals surface area contributed by atoms with Crippen molar-refractivity contribution in [3.8, 4) is 0 Å². The molecule has 6 heteroatoms. The molecule has 1 aliphatic heterocycles. The van der Waals surface area contributed by atoms with E-state index in [4.69, 9.17) is 4.42 Å². The van der Waals surface area contributed by atoms with Crippen LogP contribution in [0, 0.1) is 0 Å². The van der Waals surface area contributed by atoms with Crippen LogP contribution in [0.25, 0.3) is 0 Å². The maximum Gasteiger partial charge on any atom is 0.198 e. The third-order valence-electron chi connectivity index (χ3n) is 3.16. The van der Waals surface area contributed by atoms with Crippen molar-refractivity contribution in [1.29, 1.82) is 0 Å². The zero-order chi connectivity index (χ0) is 12.5. The van der Waals surface area contributed by atoms with Gasteiger partial charge in [-0.05, 0) is 20.4 Å². The van der Waals surface area contributed by atoms with Crippen LogP contribution in [0.1, 0.15) is 30.8 Å². The molecule has 1 fully saturated rings. The molecule has 0 saturated carbocycles. The van der Waals surface area contributed by atoms with Gasteiger partial charge in [0.25, 0.3) is 0 Å². The zero-order valence-electron chi connectivity index (χ0n) is 10.1. The molecule has 96 valence electrons. The molecule has 0 spiro atoms. The molecular weight excluding hydrogens is 240 g/mol. The Morgan fingerprint density at radius 2 is 2.41 bits per heavy atom. The van der Waals surface area contributed by atoms with Crippen molar-refractivity contribution in [2.75, 3.05) is 18.6 Å². The van der Waals surface area contributed by atoms with E-state index in [1.54, 1.807) is 6.26 Å². The summed E-state index contributed by atoms with van der Waals surface area (Å²) < 4.78 is 28.1. The van der Waals surface area contributed by atoms with Crippen LogP contribution in [0.3, 0.4) is 0 Å². The molecule has 0 bridgehead atoms. The topological polar surface area (TPSA) is 72.2 Å². The lowest BCUT2D eigenvalue weighted by Crippen LogP contribution is -2.23. The van der Waals surface area contributed by atoms with E-state index >= 15 is 0 Å². The van der Waals surface area contributed by atoms with Gasteiger partial charge in [-0.15, -0.1) is 0 Å². The lowest BCUT2D eigenvalue weighted by molar-refractivity contribution is 0.460. The summed E-state index contributed by atoms with van der Waals surface area (Å²) in [4.78, 5) is 4.37. The summed E-state index contributed by atoms with van der Waals surface area (Å²) in [5.74, 6) is 0.944. The predicted octanol–water partition coefficient (Wildman–Crippen LogP) is 0.727. The lowest BCUT2D eigenvalue weighted by atomic mass is 10.1. The number of oxazole rings is 1. The summed E-state index contributed by atoms with van der Waals surface area (Å²) in [5.41, 5.74) is 0.881. The van der Waals surface area contributed by atoms with E-state index < -0.39 is 9.84 Å². The summed E-state index contributed by atoms with van der Waals surface area (Å²) in [5, 5.41) is 3.13. The average Bonchev–Trinajstić information content (AvgIpc) is 2.84. The van der Waals surface area contributed by atoms with Crippen LogP contribution in [-0.2, 0) is 16.3 Å². The number of nitrogens with one attached hydrogen (secondary N) is 1. The fourth-order valence-electron chi connectivity index (χ4n) is 2.01. The van der Waals surface area contributed by atoms with Crippen molar-refractivity contribution < 1.29 is 12.8 Å². The minimum atomic E-state index is -2.87. The van der Waals surface area contributed by atoms with Crippen molar-refractivity contribution in [1.82, 2.24) is 10.3 Å². The number of aromatic nitrogens is 1. The Kier molecular flexibility index (Phi) is 3.53. The van der Waals surface area contributed by atoms with Gasteiger partial charge in [0.05, 0.1) is 23.1 Å². The Bertz CT molecular complexity index is 481. The van der Waals surface area contributed by atoms with Crippen molar-refractivity contribution in [3.63, 3.8) is 0 Å². The fourth-order valence-corrected chi connectivity index (χ4v) is 3.74. The zero-order valence-corrected chi connectivity index (χ0v) is 11.0. The van der Waals surface area contributed by atoms with E-state index in [1.807, 2.05) is 7.05 Å². The largest absolute Gasteiger partial charge is 0.448 e. The first kappa shape index (κ1) is 12.6. The third-order valence-corrected chi connectivity index (χ3v) is 4.93. The van der Waals surface area contributed by atoms with Gasteiger partial charge in [0.2, 0.25) is 0 Å². The molecule has 2 heterocycles. The van der Waals surface area contributed by atoms with Crippen LogP contribution in [0.5, 0.6) is 0 Å². The Morgan fingerprint density at radius 3 is 3.00 bits per heavy atom. The van der Waals surface area contributed by atoms with Crippen molar-refractivity contribution in [3.05, 3.63) is 17.8 Å². The first-order valence-corrected chi connectivity index (χ1v) is 7.64. The quantitative estimate of drug-likeness (QED) is 0.862. The maximum absolute atomic E-state index is 11.4. The molecule has 2 rings (SSSR count). The van der Waals surface area contributed by atoms with Crippen LogP contribution in [0.15, 0.2) is 10.7 Å². The highest BCUT2D eigenvalue weighted by Gasteiger charge is 2.32. The molecule has 0 amide bonds. The molecule has 2 unspecified atom stereocenters. The number of nitrogens with zero attached hydrogens (tertiary/aromatic N) is 1. The number of hydrogen-bond donors (Lipinski definition) is 1. The standard InChI is InChI=1S/C11H18N2O3S/c1-8(12-2)5-10-6-16-11(13-10)9-3-4-17(14,15)7-9/h6,8-9,12H,3-5,7H2,1-2H3. The van der Waals surface area contributed by atoms with Crippen LogP contribution < -0.4 is 5.32 Å². The van der Waals surface area contributed by atoms with Gasteiger partial charge in [-0.25, -0.2) is 13.4 Å². The molecule has 1 saturated heterocycles. The van der Waals surface area contributed by atoms with E-state index in [2.05, 4.69) is 17.2 Å². The van der Waals surface area contributed by atoms with Crippen LogP contribution in [-0.4, -0.2) is 38.0 Å². The Hall–Kier alpha value is -0.880. The molecule has 2 atom stereocenters. The molecule has 0 radical (unpaired) electrons. The number of sulfone groups is 1. The summed E-state index contributed by atoms with van der Waals surface area (Å²) >= 11 is 0. The smallest absolute Gasteiger partial charge is 0.198 e. The van der Waals surface area contributed by atoms with Gasteiger partial charge in [0.1, 0.15) is 6.26 Å². The summed E-state index contributed by atoms with van der Waals surface area (Å²) in [7, 11) is -0.976. The summed E-state index contributed by atoms with van der Waals surface area (Å²) in [6.07, 6.45) is 3.05. The molecule has 1 aromatic rings. The first-order chi connectivity index (χ1) is 8.00. The normalized spacial score (nSPS) is 24.9. The highest BCUT2D eigenvalue weighted by atomic mass is 32.2. The van der Waals surface area contributed by atoms with Gasteiger partial charge < -0.3 is 9.73 Å². The SMILES string of the molecule is CNC(C)Cc1coc(C2CCS(=O)(=O)C2)n1. The molecule has 17 heavy (non-hydrogen) atoms. The molecular formula is C11H18N2O3S. The van der Waals surface area contributed by atoms with Gasteiger partial charge in [0, 0.05) is 12.5 Å². The molecule has 5 nitrogen and oxygen atoms in total. The second-order valence-electron chi connectivity index (χ2n) is 4.67. The van der Waals surface area contributed by atoms with Crippen molar-refractivity contribution in [2.45, 2.75) is 31.7 Å². The number of rotatable bonds is 4. The first-order valence-electron chi connectivity index (χ1n) is 5.82. The van der Waals surface area contributed by atoms with E-state index in [1.165, 1.54) is 0 Å². The van der Waals surface area contributed by atoms with E-state index in [0.717, 1.165) is 12.1 Å². The van der Waals surface area contributed by atoms with Crippen LogP contribution >= 0.6 is 0 Å². The Balaban J connectivity index is 2.04. The van der Waals surface area contributed by atoms with E-state index in [-0.39, 0.29) is 17.4 Å². The monoisotopic (exact) mass is 258 g/mol. The molecule has 1 aromatic heterocycles. The highest BCUT2D eigenvalue weighted by Crippen LogP contribution is 2.28. The fraction of sp³-hybridized carbons (Fsp3) is 0.727. The Labute approximate surface area is 102 Å². The third kappa shape index (κ3) is 3.07. The lowest BCUT2D eigenvalue weighted by Gasteiger charge is -2.06. The van der Waals surface area contributed by atoms with Crippen LogP contribution in [0.2, 0.25) is 0 Å². The minimum absolute atomic E-state index is 0.0568. The van der Waals surface area contributed by atoms with Gasteiger partial charge >= 0.3 is 0 Å². The van der Waals surface area contributed by atoms with Gasteiger partial charge in [-0.3, -0.25) is 0 Å². The van der Waals surface area contributed by atoms with Gasteiger partial charge in [-0.1, -0.05) is 0 Å². The van der Waals surface area contributed by atoms with E-state index in [9.17, 15) is 8.42 Å². The van der Waals surface area contributed by atoms with E-state index in [0.29, 0.717) is 18.4 Å². The Morgan fingerprint density at radius 1 is 1.65 bits per heavy atom. The molecule has 0 aliphatic carbocycles. The molecule has 0 aromatic carbocycles. The minimum Gasteiger partial charge on any atom is -0.448 e. The number of likely N-dealkylation sites (N-methyl/N-ethyl adjacent to an activating group) is 1. The van der Waals surface area contributed by atoms with Crippen molar-refractivity contribution in [2.24, 2.45) is 0 Å². The average molecular weight is 258 g/mol. The maximum atomic E-state index is 11.4. The summed E-state index contributed by atoms with van der Waals surface area (Å²) in [6, 6.07) is 0.334. The van der Waals surface area contributed by atoms with Crippen LogP contribution in [0.4, 0.5) is 0 Å². The molecule has 1 aliphatic rings.